The Kier molecular flexibility index (Phi) is 4.51. The Balaban J connectivity index is 1.95. The molecule has 6 heteroatoms. The van der Waals surface area contributed by atoms with Crippen molar-refractivity contribution in [2.75, 3.05) is 17.3 Å². The molecule has 1 heterocycles. The number of carbonyl (C=O) groups is 2. The van der Waals surface area contributed by atoms with Gasteiger partial charge in [-0.15, -0.1) is 0 Å². The third-order valence-electron chi connectivity index (χ3n) is 3.93. The first kappa shape index (κ1) is 17.0. The predicted octanol–water partition coefficient (Wildman–Crippen LogP) is 3.75. The van der Waals surface area contributed by atoms with E-state index in [9.17, 15) is 9.59 Å². The minimum atomic E-state index is -0.551. The van der Waals surface area contributed by atoms with Gasteiger partial charge in [-0.1, -0.05) is 35.4 Å². The second-order valence-electron chi connectivity index (χ2n) is 5.80. The van der Waals surface area contributed by atoms with E-state index in [0.717, 1.165) is 16.0 Å². The fourth-order valence-electron chi connectivity index (χ4n) is 2.59. The molecule has 0 atom stereocenters. The monoisotopic (exact) mass is 356 g/mol. The molecular formula is C19H17ClN2O3. The van der Waals surface area contributed by atoms with E-state index in [2.05, 4.69) is 5.32 Å². The molecule has 25 heavy (non-hydrogen) atoms. The summed E-state index contributed by atoms with van der Waals surface area (Å²) in [5.74, 6) is -0.497. The molecular weight excluding hydrogens is 340 g/mol. The quantitative estimate of drug-likeness (QED) is 0.848. The number of ether oxygens (including phenoxy) is 1. The molecule has 0 fully saturated rings. The Morgan fingerprint density at radius 2 is 1.60 bits per heavy atom. The second kappa shape index (κ2) is 6.61. The van der Waals surface area contributed by atoms with E-state index in [4.69, 9.17) is 16.3 Å². The van der Waals surface area contributed by atoms with Crippen molar-refractivity contribution in [3.63, 3.8) is 0 Å². The first-order valence-corrected chi connectivity index (χ1v) is 8.07. The molecule has 128 valence electrons. The van der Waals surface area contributed by atoms with Gasteiger partial charge in [0.1, 0.15) is 16.5 Å². The van der Waals surface area contributed by atoms with Crippen molar-refractivity contribution >= 4 is 34.8 Å². The molecule has 0 spiro atoms. The summed E-state index contributed by atoms with van der Waals surface area (Å²) in [7, 11) is 1.53. The van der Waals surface area contributed by atoms with E-state index < -0.39 is 11.8 Å². The number of aryl methyl sites for hydroxylation is 2. The highest BCUT2D eigenvalue weighted by Crippen LogP contribution is 2.33. The Hall–Kier alpha value is -2.79. The first-order chi connectivity index (χ1) is 11.9. The van der Waals surface area contributed by atoms with Crippen molar-refractivity contribution in [1.29, 1.82) is 0 Å². The summed E-state index contributed by atoms with van der Waals surface area (Å²) in [6.45, 7) is 3.85. The number of halogens is 1. The highest BCUT2D eigenvalue weighted by Gasteiger charge is 2.39. The Morgan fingerprint density at radius 3 is 2.24 bits per heavy atom. The number of hydrogen-bond acceptors (Lipinski definition) is 4. The third-order valence-corrected chi connectivity index (χ3v) is 4.28. The summed E-state index contributed by atoms with van der Waals surface area (Å²) in [6, 6.07) is 12.6. The van der Waals surface area contributed by atoms with Gasteiger partial charge in [0.25, 0.3) is 11.8 Å². The van der Waals surface area contributed by atoms with Crippen LogP contribution in [0.2, 0.25) is 0 Å². The molecule has 1 aliphatic rings. The summed E-state index contributed by atoms with van der Waals surface area (Å²) >= 11 is 6.15. The van der Waals surface area contributed by atoms with Gasteiger partial charge in [-0.25, -0.2) is 4.90 Å². The molecule has 2 aromatic carbocycles. The lowest BCUT2D eigenvalue weighted by atomic mass is 10.2. The molecule has 1 N–H and O–H groups in total. The van der Waals surface area contributed by atoms with Crippen LogP contribution in [0.15, 0.2) is 53.2 Å². The van der Waals surface area contributed by atoms with E-state index in [-0.39, 0.29) is 10.7 Å². The standard InChI is InChI=1S/C19H17ClN2O3/c1-11-4-7-13(8-5-11)22-18(23)16(20)17(19(22)24)21-14-10-12(2)6-9-15(14)25-3/h4-10,21H,1-3H3. The van der Waals surface area contributed by atoms with Gasteiger partial charge in [-0.05, 0) is 43.7 Å². The van der Waals surface area contributed by atoms with Crippen LogP contribution in [0, 0.1) is 13.8 Å². The number of anilines is 2. The molecule has 5 nitrogen and oxygen atoms in total. The highest BCUT2D eigenvalue weighted by atomic mass is 35.5. The maximum atomic E-state index is 12.8. The molecule has 3 rings (SSSR count). The van der Waals surface area contributed by atoms with Crippen LogP contribution in [0.1, 0.15) is 11.1 Å². The van der Waals surface area contributed by atoms with Gasteiger partial charge in [-0.2, -0.15) is 0 Å². The topological polar surface area (TPSA) is 58.6 Å². The zero-order valence-corrected chi connectivity index (χ0v) is 14.8. The third kappa shape index (κ3) is 3.10. The van der Waals surface area contributed by atoms with E-state index >= 15 is 0 Å². The smallest absolute Gasteiger partial charge is 0.283 e. The Morgan fingerprint density at radius 1 is 0.960 bits per heavy atom. The highest BCUT2D eigenvalue weighted by molar-refractivity contribution is 6.53. The van der Waals surface area contributed by atoms with Crippen LogP contribution in [0.3, 0.4) is 0 Å². The van der Waals surface area contributed by atoms with Crippen molar-refractivity contribution in [2.45, 2.75) is 13.8 Å². The summed E-state index contributed by atoms with van der Waals surface area (Å²) in [6.07, 6.45) is 0. The van der Waals surface area contributed by atoms with Gasteiger partial charge in [0.05, 0.1) is 18.5 Å². The van der Waals surface area contributed by atoms with Crippen LogP contribution >= 0.6 is 11.6 Å². The average molecular weight is 357 g/mol. The van der Waals surface area contributed by atoms with Crippen LogP contribution in [-0.2, 0) is 9.59 Å². The van der Waals surface area contributed by atoms with Gasteiger partial charge in [0, 0.05) is 0 Å². The molecule has 0 aromatic heterocycles. The summed E-state index contributed by atoms with van der Waals surface area (Å²) in [5, 5.41) is 2.81. The van der Waals surface area contributed by atoms with E-state index in [1.807, 2.05) is 38.1 Å². The zero-order valence-electron chi connectivity index (χ0n) is 14.1. The minimum absolute atomic E-state index is 0.0381. The number of nitrogens with zero attached hydrogens (tertiary/aromatic N) is 1. The molecule has 2 amide bonds. The molecule has 0 bridgehead atoms. The fourth-order valence-corrected chi connectivity index (χ4v) is 2.81. The number of carbonyl (C=O) groups excluding carboxylic acids is 2. The zero-order chi connectivity index (χ0) is 18.1. The molecule has 0 saturated carbocycles. The van der Waals surface area contributed by atoms with Crippen molar-refractivity contribution < 1.29 is 14.3 Å². The second-order valence-corrected chi connectivity index (χ2v) is 6.18. The van der Waals surface area contributed by atoms with Crippen LogP contribution in [-0.4, -0.2) is 18.9 Å². The number of imide groups is 1. The Labute approximate surface area is 150 Å². The lowest BCUT2D eigenvalue weighted by molar-refractivity contribution is -0.120. The summed E-state index contributed by atoms with van der Waals surface area (Å²) in [5.41, 5.74) is 3.10. The van der Waals surface area contributed by atoms with Crippen molar-refractivity contribution in [3.8, 4) is 5.75 Å². The number of amides is 2. The SMILES string of the molecule is COc1ccc(C)cc1NC1=C(Cl)C(=O)N(c2ccc(C)cc2)C1=O. The fraction of sp³-hybridized carbons (Fsp3) is 0.158. The molecule has 0 saturated heterocycles. The predicted molar refractivity (Wildman–Crippen MR) is 97.9 cm³/mol. The van der Waals surface area contributed by atoms with Crippen molar-refractivity contribution in [2.24, 2.45) is 0 Å². The molecule has 0 radical (unpaired) electrons. The van der Waals surface area contributed by atoms with Gasteiger partial charge >= 0.3 is 0 Å². The van der Waals surface area contributed by atoms with Crippen LogP contribution in [0.5, 0.6) is 5.75 Å². The van der Waals surface area contributed by atoms with Crippen LogP contribution < -0.4 is 15.0 Å². The van der Waals surface area contributed by atoms with Gasteiger partial charge in [0.2, 0.25) is 0 Å². The lowest BCUT2D eigenvalue weighted by Crippen LogP contribution is -2.32. The van der Waals surface area contributed by atoms with Crippen molar-refractivity contribution in [1.82, 2.24) is 0 Å². The summed E-state index contributed by atoms with van der Waals surface area (Å²) in [4.78, 5) is 26.3. The molecule has 0 aliphatic carbocycles. The van der Waals surface area contributed by atoms with Gasteiger partial charge in [-0.3, -0.25) is 9.59 Å². The van der Waals surface area contributed by atoms with Crippen LogP contribution in [0.4, 0.5) is 11.4 Å². The number of methoxy groups -OCH3 is 1. The van der Waals surface area contributed by atoms with Gasteiger partial charge in [0.15, 0.2) is 0 Å². The largest absolute Gasteiger partial charge is 0.495 e. The van der Waals surface area contributed by atoms with Crippen molar-refractivity contribution in [3.05, 3.63) is 64.3 Å². The number of hydrogen-bond donors (Lipinski definition) is 1. The minimum Gasteiger partial charge on any atom is -0.495 e. The van der Waals surface area contributed by atoms with Gasteiger partial charge < -0.3 is 10.1 Å². The average Bonchev–Trinajstić information content (AvgIpc) is 2.80. The summed E-state index contributed by atoms with van der Waals surface area (Å²) < 4.78 is 5.29. The van der Waals surface area contributed by atoms with E-state index in [1.54, 1.807) is 18.2 Å². The maximum Gasteiger partial charge on any atom is 0.283 e. The number of benzene rings is 2. The number of nitrogens with one attached hydrogen (secondary N) is 1. The molecule has 2 aromatic rings. The molecule has 0 unspecified atom stereocenters. The maximum absolute atomic E-state index is 12.8. The van der Waals surface area contributed by atoms with E-state index in [0.29, 0.717) is 17.1 Å². The van der Waals surface area contributed by atoms with E-state index in [1.165, 1.54) is 7.11 Å². The Bertz CT molecular complexity index is 888. The number of rotatable bonds is 4. The lowest BCUT2D eigenvalue weighted by Gasteiger charge is -2.16. The molecule has 1 aliphatic heterocycles. The normalized spacial score (nSPS) is 14.3. The van der Waals surface area contributed by atoms with Crippen LogP contribution in [0.25, 0.3) is 0 Å². The first-order valence-electron chi connectivity index (χ1n) is 7.69.